The normalized spacial score (nSPS) is 13.2. The monoisotopic (exact) mass is 316 g/mol. The second-order valence-corrected chi connectivity index (χ2v) is 5.37. The molecule has 1 heterocycles. The van der Waals surface area contributed by atoms with Crippen LogP contribution in [0.1, 0.15) is 22.7 Å². The van der Waals surface area contributed by atoms with Crippen molar-refractivity contribution in [1.29, 1.82) is 0 Å². The van der Waals surface area contributed by atoms with Crippen LogP contribution in [0, 0.1) is 6.92 Å². The van der Waals surface area contributed by atoms with Gasteiger partial charge in [0.15, 0.2) is 0 Å². The molecule has 1 unspecified atom stereocenters. The number of aryl methyl sites for hydroxylation is 1. The van der Waals surface area contributed by atoms with Crippen molar-refractivity contribution in [3.05, 3.63) is 51.7 Å². The molecule has 0 radical (unpaired) electrons. The van der Waals surface area contributed by atoms with E-state index < -0.39 is 6.36 Å². The highest BCUT2D eigenvalue weighted by atomic mass is 32.1. The van der Waals surface area contributed by atoms with Crippen LogP contribution in [-0.4, -0.2) is 6.36 Å². The van der Waals surface area contributed by atoms with E-state index in [1.54, 1.807) is 23.5 Å². The summed E-state index contributed by atoms with van der Waals surface area (Å²) in [5.41, 5.74) is 5.85. The van der Waals surface area contributed by atoms with E-state index in [4.69, 9.17) is 5.84 Å². The van der Waals surface area contributed by atoms with Crippen molar-refractivity contribution >= 4 is 11.3 Å². The number of alkyl halides is 3. The fourth-order valence-corrected chi connectivity index (χ4v) is 2.95. The first-order valence-corrected chi connectivity index (χ1v) is 7.17. The Morgan fingerprint density at radius 2 is 1.90 bits per heavy atom. The zero-order chi connectivity index (χ0) is 15.5. The van der Waals surface area contributed by atoms with Crippen molar-refractivity contribution < 1.29 is 17.9 Å². The molecular weight excluding hydrogens is 301 g/mol. The number of hydrogen-bond donors (Lipinski definition) is 2. The van der Waals surface area contributed by atoms with Crippen molar-refractivity contribution in [2.24, 2.45) is 5.84 Å². The molecule has 1 aromatic carbocycles. The van der Waals surface area contributed by atoms with Crippen LogP contribution < -0.4 is 16.0 Å². The third-order valence-corrected chi connectivity index (χ3v) is 3.95. The molecule has 114 valence electrons. The number of halogens is 3. The highest BCUT2D eigenvalue weighted by Crippen LogP contribution is 2.26. The maximum absolute atomic E-state index is 12.1. The zero-order valence-corrected chi connectivity index (χ0v) is 12.1. The summed E-state index contributed by atoms with van der Waals surface area (Å²) in [4.78, 5) is 0. The topological polar surface area (TPSA) is 47.3 Å². The van der Waals surface area contributed by atoms with Gasteiger partial charge in [-0.15, -0.1) is 13.2 Å². The Balaban J connectivity index is 2.07. The van der Waals surface area contributed by atoms with Crippen LogP contribution in [-0.2, 0) is 6.42 Å². The molecule has 0 bridgehead atoms. The molecule has 0 amide bonds. The summed E-state index contributed by atoms with van der Waals surface area (Å²) >= 11 is 1.59. The van der Waals surface area contributed by atoms with Gasteiger partial charge in [-0.2, -0.15) is 11.3 Å². The second-order valence-electron chi connectivity index (χ2n) is 4.63. The first kappa shape index (κ1) is 15.8. The first-order chi connectivity index (χ1) is 9.89. The maximum atomic E-state index is 12.1. The summed E-state index contributed by atoms with van der Waals surface area (Å²) in [6, 6.07) is 5.74. The van der Waals surface area contributed by atoms with Gasteiger partial charge in [0, 0.05) is 0 Å². The summed E-state index contributed by atoms with van der Waals surface area (Å²) in [5.74, 6) is 5.35. The number of hydrogen-bond acceptors (Lipinski definition) is 4. The van der Waals surface area contributed by atoms with Crippen molar-refractivity contribution in [3.63, 3.8) is 0 Å². The largest absolute Gasteiger partial charge is 0.573 e. The molecule has 2 aromatic rings. The summed E-state index contributed by atoms with van der Waals surface area (Å²) in [6.07, 6.45) is -4.09. The Labute approximate surface area is 124 Å². The number of nitrogens with two attached hydrogens (primary N) is 1. The summed E-state index contributed by atoms with van der Waals surface area (Å²) in [5, 5.41) is 4.04. The average Bonchev–Trinajstić information content (AvgIpc) is 2.82. The van der Waals surface area contributed by atoms with Gasteiger partial charge in [0.05, 0.1) is 6.04 Å². The minimum Gasteiger partial charge on any atom is -0.406 e. The van der Waals surface area contributed by atoms with E-state index in [1.165, 1.54) is 12.1 Å². The van der Waals surface area contributed by atoms with Gasteiger partial charge in [0.1, 0.15) is 5.75 Å². The molecule has 3 nitrogen and oxygen atoms in total. The van der Waals surface area contributed by atoms with Gasteiger partial charge in [-0.3, -0.25) is 11.3 Å². The molecule has 1 aromatic heterocycles. The molecule has 0 saturated carbocycles. The minimum atomic E-state index is -4.67. The molecule has 0 saturated heterocycles. The van der Waals surface area contributed by atoms with Crippen LogP contribution in [0.2, 0.25) is 0 Å². The quantitative estimate of drug-likeness (QED) is 0.653. The Bertz CT molecular complexity index is 581. The molecule has 7 heteroatoms. The Kier molecular flexibility index (Phi) is 4.87. The van der Waals surface area contributed by atoms with Crippen molar-refractivity contribution in [2.75, 3.05) is 0 Å². The van der Waals surface area contributed by atoms with Crippen LogP contribution in [0.3, 0.4) is 0 Å². The van der Waals surface area contributed by atoms with E-state index in [2.05, 4.69) is 10.2 Å². The third-order valence-electron chi connectivity index (χ3n) is 3.07. The van der Waals surface area contributed by atoms with Gasteiger partial charge in [0.2, 0.25) is 0 Å². The van der Waals surface area contributed by atoms with Gasteiger partial charge in [-0.05, 0) is 52.9 Å². The van der Waals surface area contributed by atoms with Gasteiger partial charge >= 0.3 is 6.36 Å². The van der Waals surface area contributed by atoms with Gasteiger partial charge in [-0.1, -0.05) is 12.1 Å². The fraction of sp³-hybridized carbons (Fsp3) is 0.286. The van der Waals surface area contributed by atoms with E-state index in [9.17, 15) is 13.2 Å². The number of ether oxygens (including phenoxy) is 1. The van der Waals surface area contributed by atoms with E-state index >= 15 is 0 Å². The highest BCUT2D eigenvalue weighted by molar-refractivity contribution is 7.08. The lowest BCUT2D eigenvalue weighted by molar-refractivity contribution is -0.274. The molecule has 3 N–H and O–H groups in total. The Morgan fingerprint density at radius 1 is 1.24 bits per heavy atom. The SMILES string of the molecule is Cc1cscc1C(Cc1ccc(OC(F)(F)F)cc1)NN. The Hall–Kier alpha value is -1.57. The van der Waals surface area contributed by atoms with Crippen LogP contribution in [0.5, 0.6) is 5.75 Å². The van der Waals surface area contributed by atoms with Gasteiger partial charge < -0.3 is 4.74 Å². The Morgan fingerprint density at radius 3 is 2.38 bits per heavy atom. The number of nitrogens with one attached hydrogen (secondary N) is 1. The van der Waals surface area contributed by atoms with E-state index in [0.717, 1.165) is 16.7 Å². The second kappa shape index (κ2) is 6.46. The lowest BCUT2D eigenvalue weighted by atomic mass is 9.99. The minimum absolute atomic E-state index is 0.0781. The molecule has 1 atom stereocenters. The molecule has 0 spiro atoms. The number of rotatable bonds is 5. The molecule has 0 fully saturated rings. The predicted octanol–water partition coefficient (Wildman–Crippen LogP) is 3.70. The highest BCUT2D eigenvalue weighted by Gasteiger charge is 2.30. The van der Waals surface area contributed by atoms with E-state index in [1.807, 2.05) is 17.7 Å². The van der Waals surface area contributed by atoms with Crippen molar-refractivity contribution in [1.82, 2.24) is 5.43 Å². The molecule has 0 aliphatic rings. The van der Waals surface area contributed by atoms with Crippen LogP contribution in [0.4, 0.5) is 13.2 Å². The standard InChI is InChI=1S/C14H15F3N2OS/c1-9-7-21-8-12(9)13(19-18)6-10-2-4-11(5-3-10)20-14(15,16)17/h2-5,7-8,13,19H,6,18H2,1H3. The smallest absolute Gasteiger partial charge is 0.406 e. The molecule has 2 rings (SSSR count). The maximum Gasteiger partial charge on any atom is 0.573 e. The number of thiophene rings is 1. The molecule has 0 aliphatic heterocycles. The molecular formula is C14H15F3N2OS. The molecule has 21 heavy (non-hydrogen) atoms. The third kappa shape index (κ3) is 4.45. The van der Waals surface area contributed by atoms with Crippen molar-refractivity contribution in [3.8, 4) is 5.75 Å². The summed E-state index contributed by atoms with van der Waals surface area (Å²) in [6.45, 7) is 2.00. The zero-order valence-electron chi connectivity index (χ0n) is 11.3. The van der Waals surface area contributed by atoms with E-state index in [0.29, 0.717) is 6.42 Å². The van der Waals surface area contributed by atoms with E-state index in [-0.39, 0.29) is 11.8 Å². The van der Waals surface area contributed by atoms with Crippen LogP contribution >= 0.6 is 11.3 Å². The molecule has 0 aliphatic carbocycles. The predicted molar refractivity (Wildman–Crippen MR) is 75.9 cm³/mol. The summed E-state index contributed by atoms with van der Waals surface area (Å²) in [7, 11) is 0. The van der Waals surface area contributed by atoms with Crippen molar-refractivity contribution in [2.45, 2.75) is 25.7 Å². The van der Waals surface area contributed by atoms with Gasteiger partial charge in [0.25, 0.3) is 0 Å². The van der Waals surface area contributed by atoms with Crippen LogP contribution in [0.25, 0.3) is 0 Å². The fourth-order valence-electron chi connectivity index (χ4n) is 2.05. The number of hydrazine groups is 1. The summed E-state index contributed by atoms with van der Waals surface area (Å²) < 4.78 is 40.1. The van der Waals surface area contributed by atoms with Gasteiger partial charge in [-0.25, -0.2) is 0 Å². The lowest BCUT2D eigenvalue weighted by Crippen LogP contribution is -2.29. The number of benzene rings is 1. The lowest BCUT2D eigenvalue weighted by Gasteiger charge is -2.16. The average molecular weight is 316 g/mol. The van der Waals surface area contributed by atoms with Crippen LogP contribution in [0.15, 0.2) is 35.0 Å². The first-order valence-electron chi connectivity index (χ1n) is 6.22.